The van der Waals surface area contributed by atoms with Crippen molar-refractivity contribution in [2.24, 2.45) is 0 Å². The number of anilines is 2. The molecule has 1 rings (SSSR count). The van der Waals surface area contributed by atoms with Crippen molar-refractivity contribution in [3.8, 4) is 0 Å². The highest BCUT2D eigenvalue weighted by Crippen LogP contribution is 2.23. The molecule has 0 heterocycles. The Bertz CT molecular complexity index is 464. The smallest absolute Gasteiger partial charge is 0.253 e. The molecule has 0 aliphatic heterocycles. The zero-order valence-corrected chi connectivity index (χ0v) is 12.3. The molecular weight excluding hydrogens is 242 g/mol. The predicted molar refractivity (Wildman–Crippen MR) is 78.4 cm³/mol. The van der Waals surface area contributed by atoms with E-state index in [9.17, 15) is 9.90 Å². The van der Waals surface area contributed by atoms with Crippen molar-refractivity contribution in [2.75, 3.05) is 38.3 Å². The molecule has 0 radical (unpaired) electrons. The predicted octanol–water partition coefficient (Wildman–Crippen LogP) is 1.18. The number of aliphatic hydroxyl groups is 1. The van der Waals surface area contributed by atoms with Gasteiger partial charge in [-0.1, -0.05) is 0 Å². The second-order valence-electron chi connectivity index (χ2n) is 5.64. The SMILES string of the molecule is CN(CC(C)(C)O)C(=O)c1ccc(N(C)C)c(N)c1. The van der Waals surface area contributed by atoms with Crippen LogP contribution in [0.1, 0.15) is 24.2 Å². The van der Waals surface area contributed by atoms with Gasteiger partial charge in [0, 0.05) is 33.3 Å². The summed E-state index contributed by atoms with van der Waals surface area (Å²) < 4.78 is 0. The van der Waals surface area contributed by atoms with E-state index in [2.05, 4.69) is 0 Å². The number of benzene rings is 1. The highest BCUT2D eigenvalue weighted by molar-refractivity contribution is 5.96. The monoisotopic (exact) mass is 265 g/mol. The molecule has 0 bridgehead atoms. The number of nitrogen functional groups attached to an aromatic ring is 1. The van der Waals surface area contributed by atoms with Gasteiger partial charge in [0.15, 0.2) is 0 Å². The van der Waals surface area contributed by atoms with E-state index in [-0.39, 0.29) is 12.5 Å². The van der Waals surface area contributed by atoms with Crippen molar-refractivity contribution < 1.29 is 9.90 Å². The maximum atomic E-state index is 12.2. The molecule has 1 aromatic carbocycles. The van der Waals surface area contributed by atoms with Gasteiger partial charge in [0.2, 0.25) is 0 Å². The van der Waals surface area contributed by atoms with Crippen LogP contribution in [-0.2, 0) is 0 Å². The molecule has 0 aliphatic carbocycles. The first-order valence-electron chi connectivity index (χ1n) is 6.16. The molecule has 1 amide bonds. The molecular formula is C14H23N3O2. The fourth-order valence-electron chi connectivity index (χ4n) is 1.97. The number of hydrogen-bond donors (Lipinski definition) is 2. The number of likely N-dealkylation sites (N-methyl/N-ethyl adjacent to an activating group) is 1. The van der Waals surface area contributed by atoms with Crippen molar-refractivity contribution in [3.05, 3.63) is 23.8 Å². The molecule has 19 heavy (non-hydrogen) atoms. The Morgan fingerprint density at radius 3 is 2.32 bits per heavy atom. The van der Waals surface area contributed by atoms with E-state index in [0.717, 1.165) is 5.69 Å². The Kier molecular flexibility index (Phi) is 4.42. The highest BCUT2D eigenvalue weighted by atomic mass is 16.3. The number of nitrogens with zero attached hydrogens (tertiary/aromatic N) is 2. The molecule has 0 saturated carbocycles. The summed E-state index contributed by atoms with van der Waals surface area (Å²) >= 11 is 0. The van der Waals surface area contributed by atoms with Gasteiger partial charge in [-0.05, 0) is 32.0 Å². The van der Waals surface area contributed by atoms with Gasteiger partial charge in [0.1, 0.15) is 0 Å². The van der Waals surface area contributed by atoms with E-state index in [1.165, 1.54) is 4.90 Å². The summed E-state index contributed by atoms with van der Waals surface area (Å²) in [5, 5.41) is 9.73. The van der Waals surface area contributed by atoms with E-state index >= 15 is 0 Å². The largest absolute Gasteiger partial charge is 0.397 e. The molecule has 1 aromatic rings. The number of carbonyl (C=O) groups excluding carboxylic acids is 1. The van der Waals surface area contributed by atoms with E-state index in [1.54, 1.807) is 33.0 Å². The summed E-state index contributed by atoms with van der Waals surface area (Å²) in [6, 6.07) is 5.23. The van der Waals surface area contributed by atoms with Crippen LogP contribution in [0.5, 0.6) is 0 Å². The minimum absolute atomic E-state index is 0.154. The van der Waals surface area contributed by atoms with Gasteiger partial charge >= 0.3 is 0 Å². The van der Waals surface area contributed by atoms with E-state index in [1.807, 2.05) is 25.1 Å². The van der Waals surface area contributed by atoms with Gasteiger partial charge in [-0.15, -0.1) is 0 Å². The van der Waals surface area contributed by atoms with Crippen LogP contribution in [0.25, 0.3) is 0 Å². The van der Waals surface area contributed by atoms with Gasteiger partial charge in [-0.25, -0.2) is 0 Å². The van der Waals surface area contributed by atoms with Gasteiger partial charge in [0.25, 0.3) is 5.91 Å². The molecule has 5 heteroatoms. The van der Waals surface area contributed by atoms with Crippen molar-refractivity contribution in [3.63, 3.8) is 0 Å². The Morgan fingerprint density at radius 1 is 1.32 bits per heavy atom. The molecule has 5 nitrogen and oxygen atoms in total. The van der Waals surface area contributed by atoms with Crippen LogP contribution in [0.15, 0.2) is 18.2 Å². The van der Waals surface area contributed by atoms with Gasteiger partial charge in [-0.2, -0.15) is 0 Å². The van der Waals surface area contributed by atoms with Crippen LogP contribution < -0.4 is 10.6 Å². The van der Waals surface area contributed by atoms with Crippen molar-refractivity contribution in [2.45, 2.75) is 19.4 Å². The topological polar surface area (TPSA) is 69.8 Å². The lowest BCUT2D eigenvalue weighted by atomic mass is 10.1. The van der Waals surface area contributed by atoms with Gasteiger partial charge in [-0.3, -0.25) is 4.79 Å². The van der Waals surface area contributed by atoms with Crippen molar-refractivity contribution in [1.29, 1.82) is 0 Å². The Morgan fingerprint density at radius 2 is 1.89 bits per heavy atom. The minimum Gasteiger partial charge on any atom is -0.397 e. The summed E-state index contributed by atoms with van der Waals surface area (Å²) in [7, 11) is 5.46. The third kappa shape index (κ3) is 4.13. The molecule has 0 aliphatic rings. The summed E-state index contributed by atoms with van der Waals surface area (Å²) in [6.07, 6.45) is 0. The fourth-order valence-corrected chi connectivity index (χ4v) is 1.97. The zero-order chi connectivity index (χ0) is 14.8. The number of rotatable bonds is 4. The number of nitrogens with two attached hydrogens (primary N) is 1. The standard InChI is InChI=1S/C14H23N3O2/c1-14(2,19)9-17(5)13(18)10-6-7-12(16(3)4)11(15)8-10/h6-8,19H,9,15H2,1-5H3. The molecule has 0 atom stereocenters. The van der Waals surface area contributed by atoms with E-state index < -0.39 is 5.60 Å². The third-order valence-corrected chi connectivity index (χ3v) is 2.73. The van der Waals surface area contributed by atoms with Crippen LogP contribution in [0.3, 0.4) is 0 Å². The van der Waals surface area contributed by atoms with E-state index in [0.29, 0.717) is 11.3 Å². The number of hydrogen-bond acceptors (Lipinski definition) is 4. The fraction of sp³-hybridized carbons (Fsp3) is 0.500. The second-order valence-corrected chi connectivity index (χ2v) is 5.64. The minimum atomic E-state index is -0.917. The molecule has 0 aromatic heterocycles. The third-order valence-electron chi connectivity index (χ3n) is 2.73. The molecule has 0 saturated heterocycles. The summed E-state index contributed by atoms with van der Waals surface area (Å²) in [4.78, 5) is 15.6. The number of amides is 1. The first-order chi connectivity index (χ1) is 8.61. The molecule has 106 valence electrons. The summed E-state index contributed by atoms with van der Waals surface area (Å²) in [5.41, 5.74) is 6.97. The zero-order valence-electron chi connectivity index (χ0n) is 12.3. The average molecular weight is 265 g/mol. The van der Waals surface area contributed by atoms with Crippen LogP contribution in [-0.4, -0.2) is 49.2 Å². The van der Waals surface area contributed by atoms with Crippen molar-refractivity contribution >= 4 is 17.3 Å². The molecule has 0 spiro atoms. The normalized spacial score (nSPS) is 11.3. The summed E-state index contributed by atoms with van der Waals surface area (Å²) in [5.74, 6) is -0.154. The highest BCUT2D eigenvalue weighted by Gasteiger charge is 2.20. The van der Waals surface area contributed by atoms with Gasteiger partial charge < -0.3 is 20.6 Å². The lowest BCUT2D eigenvalue weighted by molar-refractivity contribution is 0.0368. The summed E-state index contributed by atoms with van der Waals surface area (Å²) in [6.45, 7) is 3.60. The Labute approximate surface area is 114 Å². The van der Waals surface area contributed by atoms with Crippen molar-refractivity contribution in [1.82, 2.24) is 4.90 Å². The molecule has 0 unspecified atom stereocenters. The Balaban J connectivity index is 2.92. The maximum absolute atomic E-state index is 12.2. The first kappa shape index (κ1) is 15.3. The molecule has 3 N–H and O–H groups in total. The molecule has 0 fully saturated rings. The Hall–Kier alpha value is -1.75. The first-order valence-corrected chi connectivity index (χ1v) is 6.16. The number of carbonyl (C=O) groups is 1. The lowest BCUT2D eigenvalue weighted by Gasteiger charge is -2.26. The average Bonchev–Trinajstić information content (AvgIpc) is 2.24. The van der Waals surface area contributed by atoms with Crippen LogP contribution in [0.2, 0.25) is 0 Å². The second kappa shape index (κ2) is 5.48. The van der Waals surface area contributed by atoms with Crippen LogP contribution in [0.4, 0.5) is 11.4 Å². The van der Waals surface area contributed by atoms with Crippen LogP contribution in [0, 0.1) is 0 Å². The maximum Gasteiger partial charge on any atom is 0.253 e. The van der Waals surface area contributed by atoms with Crippen LogP contribution >= 0.6 is 0 Å². The van der Waals surface area contributed by atoms with Gasteiger partial charge in [0.05, 0.1) is 17.0 Å². The lowest BCUT2D eigenvalue weighted by Crippen LogP contribution is -2.39. The van der Waals surface area contributed by atoms with E-state index in [4.69, 9.17) is 5.73 Å². The quantitative estimate of drug-likeness (QED) is 0.802.